The minimum Gasteiger partial charge on any atom is -0.326 e. The SMILES string of the molecule is CCc1c(C)nn(C2CC(C(C)(C)C)CCC2N)c1C. The van der Waals surface area contributed by atoms with Gasteiger partial charge in [-0.1, -0.05) is 27.7 Å². The molecule has 3 atom stereocenters. The molecule has 0 amide bonds. The van der Waals surface area contributed by atoms with E-state index in [9.17, 15) is 0 Å². The van der Waals surface area contributed by atoms with Gasteiger partial charge in [0.15, 0.2) is 0 Å². The smallest absolute Gasteiger partial charge is 0.0676 e. The lowest BCUT2D eigenvalue weighted by atomic mass is 9.70. The second-order valence-electron chi connectivity index (χ2n) is 7.55. The Balaban J connectivity index is 2.30. The zero-order chi connectivity index (χ0) is 15.1. The second-order valence-corrected chi connectivity index (χ2v) is 7.55. The van der Waals surface area contributed by atoms with Crippen molar-refractivity contribution in [2.24, 2.45) is 17.1 Å². The maximum Gasteiger partial charge on any atom is 0.0676 e. The van der Waals surface area contributed by atoms with Gasteiger partial charge in [0.25, 0.3) is 0 Å². The number of nitrogens with zero attached hydrogens (tertiary/aromatic N) is 2. The third-order valence-electron chi connectivity index (χ3n) is 5.24. The van der Waals surface area contributed by atoms with Crippen LogP contribution in [0.5, 0.6) is 0 Å². The van der Waals surface area contributed by atoms with Crippen LogP contribution < -0.4 is 5.73 Å². The average molecular weight is 277 g/mol. The molecule has 0 aromatic carbocycles. The number of hydrogen-bond donors (Lipinski definition) is 1. The van der Waals surface area contributed by atoms with Crippen molar-refractivity contribution in [2.75, 3.05) is 0 Å². The lowest BCUT2D eigenvalue weighted by molar-refractivity contribution is 0.123. The zero-order valence-electron chi connectivity index (χ0n) is 14.0. The average Bonchev–Trinajstić information content (AvgIpc) is 2.63. The summed E-state index contributed by atoms with van der Waals surface area (Å²) in [6, 6.07) is 0.614. The van der Waals surface area contributed by atoms with Gasteiger partial charge in [-0.15, -0.1) is 0 Å². The molecule has 1 aromatic rings. The fourth-order valence-electron chi connectivity index (χ4n) is 3.77. The maximum absolute atomic E-state index is 6.43. The Bertz CT molecular complexity index is 467. The van der Waals surface area contributed by atoms with Crippen molar-refractivity contribution in [1.29, 1.82) is 0 Å². The number of aromatic nitrogens is 2. The minimum atomic E-state index is 0.247. The van der Waals surface area contributed by atoms with Crippen LogP contribution in [0.25, 0.3) is 0 Å². The standard InChI is InChI=1S/C17H31N3/c1-7-14-11(2)19-20(12(14)3)16-10-13(17(4,5)6)8-9-15(16)18/h13,15-16H,7-10,18H2,1-6H3. The van der Waals surface area contributed by atoms with Gasteiger partial charge in [0.2, 0.25) is 0 Å². The molecule has 20 heavy (non-hydrogen) atoms. The van der Waals surface area contributed by atoms with Crippen molar-refractivity contribution >= 4 is 0 Å². The lowest BCUT2D eigenvalue weighted by Gasteiger charge is -2.41. The molecule has 0 saturated heterocycles. The summed E-state index contributed by atoms with van der Waals surface area (Å²) in [7, 11) is 0. The largest absolute Gasteiger partial charge is 0.326 e. The highest BCUT2D eigenvalue weighted by atomic mass is 15.3. The van der Waals surface area contributed by atoms with E-state index < -0.39 is 0 Å². The van der Waals surface area contributed by atoms with Gasteiger partial charge in [-0.3, -0.25) is 4.68 Å². The first-order valence-electron chi connectivity index (χ1n) is 8.05. The molecule has 3 nitrogen and oxygen atoms in total. The summed E-state index contributed by atoms with van der Waals surface area (Å²) in [5, 5.41) is 4.81. The van der Waals surface area contributed by atoms with Gasteiger partial charge < -0.3 is 5.73 Å². The molecule has 3 heteroatoms. The Morgan fingerprint density at radius 2 is 1.90 bits per heavy atom. The Morgan fingerprint density at radius 3 is 2.40 bits per heavy atom. The lowest BCUT2D eigenvalue weighted by Crippen LogP contribution is -2.41. The number of nitrogens with two attached hydrogens (primary N) is 1. The van der Waals surface area contributed by atoms with Crippen LogP contribution in [0, 0.1) is 25.2 Å². The first kappa shape index (κ1) is 15.6. The van der Waals surface area contributed by atoms with Crippen LogP contribution in [-0.2, 0) is 6.42 Å². The van der Waals surface area contributed by atoms with Crippen LogP contribution in [0.2, 0.25) is 0 Å². The minimum absolute atomic E-state index is 0.247. The molecule has 2 rings (SSSR count). The van der Waals surface area contributed by atoms with Crippen molar-refractivity contribution in [3.8, 4) is 0 Å². The van der Waals surface area contributed by atoms with E-state index in [1.54, 1.807) is 0 Å². The molecule has 1 aromatic heterocycles. The highest BCUT2D eigenvalue weighted by Gasteiger charge is 2.36. The topological polar surface area (TPSA) is 43.8 Å². The third-order valence-corrected chi connectivity index (χ3v) is 5.24. The number of hydrogen-bond acceptors (Lipinski definition) is 2. The molecule has 0 aliphatic heterocycles. The summed E-state index contributed by atoms with van der Waals surface area (Å²) < 4.78 is 2.23. The summed E-state index contributed by atoms with van der Waals surface area (Å²) in [4.78, 5) is 0. The van der Waals surface area contributed by atoms with E-state index in [1.165, 1.54) is 23.4 Å². The van der Waals surface area contributed by atoms with E-state index in [2.05, 4.69) is 46.2 Å². The van der Waals surface area contributed by atoms with E-state index in [1.807, 2.05) is 0 Å². The number of rotatable bonds is 2. The van der Waals surface area contributed by atoms with Crippen LogP contribution in [0.3, 0.4) is 0 Å². The molecular formula is C17H31N3. The summed E-state index contributed by atoms with van der Waals surface area (Å²) in [6.07, 6.45) is 4.59. The molecule has 0 bridgehead atoms. The van der Waals surface area contributed by atoms with Crippen molar-refractivity contribution in [3.05, 3.63) is 17.0 Å². The van der Waals surface area contributed by atoms with Gasteiger partial charge in [-0.05, 0) is 56.4 Å². The molecule has 1 aliphatic carbocycles. The van der Waals surface area contributed by atoms with Crippen molar-refractivity contribution in [2.45, 2.75) is 79.3 Å². The van der Waals surface area contributed by atoms with Crippen LogP contribution in [-0.4, -0.2) is 15.8 Å². The van der Waals surface area contributed by atoms with Crippen molar-refractivity contribution < 1.29 is 0 Å². The van der Waals surface area contributed by atoms with Crippen molar-refractivity contribution in [1.82, 2.24) is 9.78 Å². The molecule has 2 N–H and O–H groups in total. The fourth-order valence-corrected chi connectivity index (χ4v) is 3.77. The van der Waals surface area contributed by atoms with Gasteiger partial charge in [0.1, 0.15) is 0 Å². The molecule has 1 heterocycles. The summed E-state index contributed by atoms with van der Waals surface area (Å²) >= 11 is 0. The highest BCUT2D eigenvalue weighted by Crippen LogP contribution is 2.42. The van der Waals surface area contributed by atoms with Gasteiger partial charge in [0.05, 0.1) is 11.7 Å². The molecule has 1 fully saturated rings. The van der Waals surface area contributed by atoms with E-state index >= 15 is 0 Å². The molecule has 0 spiro atoms. The molecular weight excluding hydrogens is 246 g/mol. The molecule has 114 valence electrons. The predicted octanol–water partition coefficient (Wildman–Crippen LogP) is 3.78. The van der Waals surface area contributed by atoms with E-state index in [0.717, 1.165) is 25.2 Å². The first-order valence-corrected chi connectivity index (χ1v) is 8.05. The van der Waals surface area contributed by atoms with Gasteiger partial charge in [-0.2, -0.15) is 5.10 Å². The monoisotopic (exact) mass is 277 g/mol. The molecule has 1 saturated carbocycles. The fraction of sp³-hybridized carbons (Fsp3) is 0.824. The van der Waals surface area contributed by atoms with Gasteiger partial charge in [-0.25, -0.2) is 0 Å². The Kier molecular flexibility index (Phi) is 4.29. The quantitative estimate of drug-likeness (QED) is 0.894. The van der Waals surface area contributed by atoms with Crippen LogP contribution in [0.4, 0.5) is 0 Å². The van der Waals surface area contributed by atoms with E-state index in [4.69, 9.17) is 10.8 Å². The van der Waals surface area contributed by atoms with E-state index in [-0.39, 0.29) is 6.04 Å². The maximum atomic E-state index is 6.43. The summed E-state index contributed by atoms with van der Waals surface area (Å²) in [5.74, 6) is 0.737. The predicted molar refractivity (Wildman–Crippen MR) is 84.9 cm³/mol. The van der Waals surface area contributed by atoms with Crippen molar-refractivity contribution in [3.63, 3.8) is 0 Å². The van der Waals surface area contributed by atoms with Gasteiger partial charge in [0, 0.05) is 11.7 Å². The Hall–Kier alpha value is -0.830. The summed E-state index contributed by atoms with van der Waals surface area (Å²) in [6.45, 7) is 13.6. The zero-order valence-corrected chi connectivity index (χ0v) is 14.0. The number of aryl methyl sites for hydroxylation is 1. The molecule has 0 radical (unpaired) electrons. The van der Waals surface area contributed by atoms with Gasteiger partial charge >= 0.3 is 0 Å². The first-order chi connectivity index (χ1) is 9.25. The second kappa shape index (κ2) is 5.51. The third kappa shape index (κ3) is 2.78. The van der Waals surface area contributed by atoms with Crippen LogP contribution in [0.1, 0.15) is 70.0 Å². The van der Waals surface area contributed by atoms with Crippen LogP contribution in [0.15, 0.2) is 0 Å². The molecule has 1 aliphatic rings. The normalized spacial score (nSPS) is 27.9. The molecule has 3 unspecified atom stereocenters. The Morgan fingerprint density at radius 1 is 1.25 bits per heavy atom. The highest BCUT2D eigenvalue weighted by molar-refractivity contribution is 5.25. The van der Waals surface area contributed by atoms with Crippen LogP contribution >= 0.6 is 0 Å². The summed E-state index contributed by atoms with van der Waals surface area (Å²) in [5.41, 5.74) is 10.7. The van der Waals surface area contributed by atoms with E-state index in [0.29, 0.717) is 11.5 Å². The Labute approximate surface area is 123 Å².